The normalized spacial score (nSPS) is 17.8. The van der Waals surface area contributed by atoms with Gasteiger partial charge in [-0.2, -0.15) is 0 Å². The molecule has 1 saturated heterocycles. The highest BCUT2D eigenvalue weighted by Crippen LogP contribution is 2.15. The van der Waals surface area contributed by atoms with E-state index in [-0.39, 0.29) is 11.9 Å². The summed E-state index contributed by atoms with van der Waals surface area (Å²) in [6, 6.07) is -0.720. The summed E-state index contributed by atoms with van der Waals surface area (Å²) in [5, 5.41) is 8.12. The van der Waals surface area contributed by atoms with Crippen molar-refractivity contribution in [2.45, 2.75) is 39.2 Å². The highest BCUT2D eigenvalue weighted by molar-refractivity contribution is 5.96. The molecule has 6 nitrogen and oxygen atoms in total. The van der Waals surface area contributed by atoms with Gasteiger partial charge in [0.1, 0.15) is 0 Å². The smallest absolute Gasteiger partial charge is 0.321 e. The fraction of sp³-hybridized carbons (Fsp3) is 0.857. The molecule has 1 fully saturated rings. The summed E-state index contributed by atoms with van der Waals surface area (Å²) in [4.78, 5) is 25.5. The molecule has 6 heteroatoms. The van der Waals surface area contributed by atoms with Gasteiger partial charge in [0, 0.05) is 13.6 Å². The minimum atomic E-state index is -0.444. The maximum absolute atomic E-state index is 12.0. The topological polar surface area (TPSA) is 73.5 Å². The first-order valence-corrected chi connectivity index (χ1v) is 7.55. The molecule has 0 saturated carbocycles. The van der Waals surface area contributed by atoms with Crippen molar-refractivity contribution in [3.8, 4) is 0 Å². The number of hydrogen-bond donors (Lipinski definition) is 3. The summed E-state index contributed by atoms with van der Waals surface area (Å²) in [6.45, 7) is 7.91. The Morgan fingerprint density at radius 3 is 2.55 bits per heavy atom. The third-order valence-corrected chi connectivity index (χ3v) is 3.85. The molecule has 1 unspecified atom stereocenters. The van der Waals surface area contributed by atoms with Gasteiger partial charge in [-0.25, -0.2) is 4.79 Å². The van der Waals surface area contributed by atoms with Crippen LogP contribution in [0.5, 0.6) is 0 Å². The van der Waals surface area contributed by atoms with E-state index >= 15 is 0 Å². The number of hydrogen-bond acceptors (Lipinski definition) is 4. The molecule has 0 radical (unpaired) electrons. The summed E-state index contributed by atoms with van der Waals surface area (Å²) in [5.41, 5.74) is 0. The van der Waals surface area contributed by atoms with Crippen molar-refractivity contribution < 1.29 is 9.59 Å². The lowest BCUT2D eigenvalue weighted by molar-refractivity contribution is -0.125. The Morgan fingerprint density at radius 2 is 2.00 bits per heavy atom. The number of urea groups is 1. The molecule has 3 N–H and O–H groups in total. The summed E-state index contributed by atoms with van der Waals surface area (Å²) >= 11 is 0. The highest BCUT2D eigenvalue weighted by atomic mass is 16.2. The summed E-state index contributed by atoms with van der Waals surface area (Å²) in [7, 11) is 1.51. The molecule has 0 bridgehead atoms. The SMILES string of the molecule is CCCN(CC1CCNCC1)C(C)C(=O)NC(=O)NC. The Labute approximate surface area is 121 Å². The first-order valence-electron chi connectivity index (χ1n) is 7.55. The zero-order chi connectivity index (χ0) is 15.0. The zero-order valence-electron chi connectivity index (χ0n) is 12.9. The summed E-state index contributed by atoms with van der Waals surface area (Å²) in [6.07, 6.45) is 3.32. The van der Waals surface area contributed by atoms with Crippen LogP contribution in [0.2, 0.25) is 0 Å². The van der Waals surface area contributed by atoms with Gasteiger partial charge < -0.3 is 10.6 Å². The van der Waals surface area contributed by atoms with Crippen LogP contribution >= 0.6 is 0 Å². The number of carbonyl (C=O) groups excluding carboxylic acids is 2. The number of rotatable bonds is 6. The Bertz CT molecular complexity index is 316. The molecule has 0 aromatic carbocycles. The second-order valence-electron chi connectivity index (χ2n) is 5.43. The van der Waals surface area contributed by atoms with Crippen molar-refractivity contribution in [3.05, 3.63) is 0 Å². The van der Waals surface area contributed by atoms with Gasteiger partial charge in [-0.05, 0) is 51.7 Å². The first kappa shape index (κ1) is 16.9. The highest BCUT2D eigenvalue weighted by Gasteiger charge is 2.25. The van der Waals surface area contributed by atoms with E-state index in [1.54, 1.807) is 0 Å². The van der Waals surface area contributed by atoms with E-state index in [4.69, 9.17) is 0 Å². The molecular weight excluding hydrogens is 256 g/mol. The molecule has 1 rings (SSSR count). The van der Waals surface area contributed by atoms with Gasteiger partial charge in [0.15, 0.2) is 0 Å². The number of nitrogens with one attached hydrogen (secondary N) is 3. The molecule has 116 valence electrons. The van der Waals surface area contributed by atoms with Crippen LogP contribution in [0.1, 0.15) is 33.1 Å². The second kappa shape index (κ2) is 8.92. The third-order valence-electron chi connectivity index (χ3n) is 3.85. The van der Waals surface area contributed by atoms with Crippen molar-refractivity contribution in [1.82, 2.24) is 20.9 Å². The number of carbonyl (C=O) groups is 2. The lowest BCUT2D eigenvalue weighted by Gasteiger charge is -2.33. The van der Waals surface area contributed by atoms with Crippen LogP contribution in [0, 0.1) is 5.92 Å². The second-order valence-corrected chi connectivity index (χ2v) is 5.43. The van der Waals surface area contributed by atoms with Crippen molar-refractivity contribution >= 4 is 11.9 Å². The number of imide groups is 1. The average Bonchev–Trinajstić information content (AvgIpc) is 2.46. The Morgan fingerprint density at radius 1 is 1.35 bits per heavy atom. The first-order chi connectivity index (χ1) is 9.58. The number of amides is 3. The van der Waals surface area contributed by atoms with Crippen LogP contribution in [0.25, 0.3) is 0 Å². The Kier molecular flexibility index (Phi) is 7.54. The third kappa shape index (κ3) is 5.46. The number of nitrogens with zero attached hydrogens (tertiary/aromatic N) is 1. The molecule has 0 spiro atoms. The van der Waals surface area contributed by atoms with E-state index in [2.05, 4.69) is 27.8 Å². The minimum Gasteiger partial charge on any atom is -0.341 e. The average molecular weight is 284 g/mol. The van der Waals surface area contributed by atoms with Gasteiger partial charge >= 0.3 is 6.03 Å². The Balaban J connectivity index is 2.53. The molecule has 1 aliphatic heterocycles. The maximum atomic E-state index is 12.0. The molecule has 3 amide bonds. The molecule has 20 heavy (non-hydrogen) atoms. The molecule has 1 aliphatic rings. The van der Waals surface area contributed by atoms with Crippen LogP contribution in [0.15, 0.2) is 0 Å². The van der Waals surface area contributed by atoms with E-state index in [1.165, 1.54) is 7.05 Å². The summed E-state index contributed by atoms with van der Waals surface area (Å²) < 4.78 is 0. The van der Waals surface area contributed by atoms with Crippen LogP contribution in [0.3, 0.4) is 0 Å². The quantitative estimate of drug-likeness (QED) is 0.666. The lowest BCUT2D eigenvalue weighted by Crippen LogP contribution is -2.51. The molecule has 0 aromatic heterocycles. The monoisotopic (exact) mass is 284 g/mol. The van der Waals surface area contributed by atoms with E-state index in [9.17, 15) is 9.59 Å². The molecule has 0 aliphatic carbocycles. The molecular formula is C14H28N4O2. The molecule has 0 aromatic rings. The molecule has 1 heterocycles. The van der Waals surface area contributed by atoms with Crippen LogP contribution in [0.4, 0.5) is 4.79 Å². The lowest BCUT2D eigenvalue weighted by atomic mass is 9.97. The minimum absolute atomic E-state index is 0.230. The van der Waals surface area contributed by atoms with E-state index in [0.717, 1.165) is 45.4 Å². The van der Waals surface area contributed by atoms with Gasteiger partial charge in [0.2, 0.25) is 5.91 Å². The van der Waals surface area contributed by atoms with Gasteiger partial charge in [-0.15, -0.1) is 0 Å². The zero-order valence-corrected chi connectivity index (χ0v) is 12.9. The van der Waals surface area contributed by atoms with E-state index in [0.29, 0.717) is 5.92 Å². The van der Waals surface area contributed by atoms with Gasteiger partial charge in [0.05, 0.1) is 6.04 Å². The predicted octanol–water partition coefficient (Wildman–Crippen LogP) is 0.542. The number of piperidine rings is 1. The Hall–Kier alpha value is -1.14. The van der Waals surface area contributed by atoms with Crippen molar-refractivity contribution in [2.75, 3.05) is 33.2 Å². The van der Waals surface area contributed by atoms with Crippen molar-refractivity contribution in [1.29, 1.82) is 0 Å². The van der Waals surface area contributed by atoms with Crippen LogP contribution in [-0.4, -0.2) is 56.1 Å². The van der Waals surface area contributed by atoms with Gasteiger partial charge in [0.25, 0.3) is 0 Å². The fourth-order valence-corrected chi connectivity index (χ4v) is 2.57. The fourth-order valence-electron chi connectivity index (χ4n) is 2.57. The summed E-state index contributed by atoms with van der Waals surface area (Å²) in [5.74, 6) is 0.407. The maximum Gasteiger partial charge on any atom is 0.321 e. The predicted molar refractivity (Wildman–Crippen MR) is 79.5 cm³/mol. The van der Waals surface area contributed by atoms with Crippen LogP contribution < -0.4 is 16.0 Å². The van der Waals surface area contributed by atoms with E-state index in [1.807, 2.05) is 6.92 Å². The van der Waals surface area contributed by atoms with E-state index < -0.39 is 6.03 Å². The van der Waals surface area contributed by atoms with Gasteiger partial charge in [-0.1, -0.05) is 6.92 Å². The molecule has 1 atom stereocenters. The van der Waals surface area contributed by atoms with Crippen molar-refractivity contribution in [2.24, 2.45) is 5.92 Å². The van der Waals surface area contributed by atoms with Crippen LogP contribution in [-0.2, 0) is 4.79 Å². The standard InChI is InChI=1S/C14H28N4O2/c1-4-9-18(10-12-5-7-16-8-6-12)11(2)13(19)17-14(20)15-3/h11-12,16H,4-10H2,1-3H3,(H2,15,17,19,20). The van der Waals surface area contributed by atoms with Crippen molar-refractivity contribution in [3.63, 3.8) is 0 Å². The van der Waals surface area contributed by atoms with Gasteiger partial charge in [-0.3, -0.25) is 15.0 Å². The largest absolute Gasteiger partial charge is 0.341 e.